The number of benzene rings is 1. The van der Waals surface area contributed by atoms with Gasteiger partial charge in [-0.3, -0.25) is 4.79 Å². The van der Waals surface area contributed by atoms with Crippen LogP contribution in [0.1, 0.15) is 125 Å². The van der Waals surface area contributed by atoms with Crippen LogP contribution < -0.4 is 0 Å². The Kier molecular flexibility index (Phi) is 17.3. The second-order valence-corrected chi connectivity index (χ2v) is 23.3. The van der Waals surface area contributed by atoms with Gasteiger partial charge in [0.1, 0.15) is 47.5 Å². The quantitative estimate of drug-likeness (QED) is 0.0971. The summed E-state index contributed by atoms with van der Waals surface area (Å²) in [5.74, 6) is -1.71. The van der Waals surface area contributed by atoms with E-state index in [0.29, 0.717) is 44.9 Å². The molecule has 4 heterocycles. The molecule has 18 nitrogen and oxygen atoms in total. The third kappa shape index (κ3) is 10.8. The molecule has 0 spiro atoms. The van der Waals surface area contributed by atoms with Gasteiger partial charge in [0.2, 0.25) is 0 Å². The van der Waals surface area contributed by atoms with Crippen LogP contribution in [0.25, 0.3) is 6.08 Å². The third-order valence-electron chi connectivity index (χ3n) is 19.1. The van der Waals surface area contributed by atoms with Gasteiger partial charge in [0, 0.05) is 70.3 Å². The number of aliphatic hydroxyl groups is 4. The molecule has 18 heteroatoms. The summed E-state index contributed by atoms with van der Waals surface area (Å²) in [6.45, 7) is 12.9. The summed E-state index contributed by atoms with van der Waals surface area (Å²) in [6, 6.07) is 9.45. The summed E-state index contributed by atoms with van der Waals surface area (Å²) >= 11 is 0. The summed E-state index contributed by atoms with van der Waals surface area (Å²) in [4.78, 5) is 26.8. The third-order valence-corrected chi connectivity index (χ3v) is 19.1. The fourth-order valence-corrected chi connectivity index (χ4v) is 14.8. The van der Waals surface area contributed by atoms with Gasteiger partial charge < -0.3 is 77.3 Å². The number of esters is 1. The maximum Gasteiger partial charge on any atom is 0.331 e. The lowest BCUT2D eigenvalue weighted by Gasteiger charge is -2.66. The first-order valence-electron chi connectivity index (χ1n) is 27.4. The number of rotatable bonds is 15. The van der Waals surface area contributed by atoms with Crippen LogP contribution in [-0.4, -0.2) is 175 Å². The Morgan fingerprint density at radius 2 is 1.23 bits per heavy atom. The second-order valence-electron chi connectivity index (χ2n) is 23.3. The minimum Gasteiger partial charge on any atom is -0.458 e. The van der Waals surface area contributed by atoms with Crippen molar-refractivity contribution in [1.82, 2.24) is 0 Å². The highest BCUT2D eigenvalue weighted by molar-refractivity contribution is 5.87. The molecule has 1 aromatic rings. The van der Waals surface area contributed by atoms with E-state index in [1.165, 1.54) is 13.0 Å². The molecule has 8 aliphatic rings. The summed E-state index contributed by atoms with van der Waals surface area (Å²) < 4.78 is 74.8. The Bertz CT molecular complexity index is 2180. The minimum absolute atomic E-state index is 0.0923. The molecule has 4 aliphatic carbocycles. The Hall–Kier alpha value is -2.76. The van der Waals surface area contributed by atoms with Crippen molar-refractivity contribution >= 4 is 17.8 Å². The topological polar surface area (TPSA) is 226 Å². The Labute approximate surface area is 441 Å². The van der Waals surface area contributed by atoms with Gasteiger partial charge in [-0.15, -0.1) is 0 Å². The van der Waals surface area contributed by atoms with E-state index in [-0.39, 0.29) is 37.6 Å². The first-order valence-corrected chi connectivity index (χ1v) is 27.4. The van der Waals surface area contributed by atoms with Gasteiger partial charge in [-0.2, -0.15) is 0 Å². The molecule has 9 rings (SSSR count). The van der Waals surface area contributed by atoms with Crippen LogP contribution in [0.4, 0.5) is 0 Å². The van der Waals surface area contributed by atoms with E-state index in [9.17, 15) is 30.0 Å². The van der Waals surface area contributed by atoms with Crippen LogP contribution in [0.5, 0.6) is 0 Å². The van der Waals surface area contributed by atoms with Crippen molar-refractivity contribution in [2.75, 3.05) is 21.3 Å². The van der Waals surface area contributed by atoms with E-state index < -0.39 is 144 Å². The molecule has 4 saturated heterocycles. The Balaban J connectivity index is 0.793. The molecule has 75 heavy (non-hydrogen) atoms. The monoisotopic (exact) mass is 1060 g/mol. The molecule has 7 fully saturated rings. The van der Waals surface area contributed by atoms with Crippen molar-refractivity contribution in [2.45, 2.75) is 241 Å². The fourth-order valence-electron chi connectivity index (χ4n) is 14.8. The zero-order valence-electron chi connectivity index (χ0n) is 45.4. The van der Waals surface area contributed by atoms with E-state index in [2.05, 4.69) is 13.0 Å². The summed E-state index contributed by atoms with van der Waals surface area (Å²) in [6.07, 6.45) is -1.09. The van der Waals surface area contributed by atoms with Gasteiger partial charge >= 0.3 is 5.97 Å². The summed E-state index contributed by atoms with van der Waals surface area (Å²) in [5, 5.41) is 47.9. The first-order chi connectivity index (χ1) is 35.7. The molecule has 24 atom stereocenters. The highest BCUT2D eigenvalue weighted by atomic mass is 16.8. The molecule has 1 aromatic carbocycles. The SMILES string of the molecule is CO[C@H]1C[C@H](O[C@H]2CC[C@@]3(C)C(=CC[C@]4(O)[C@@H]3C[C@@H](OC(=O)C=Cc3ccccc3)[C@]3(C)[C@H](C(C)=O)CC[C@@]34O)C2)O[C@H](C)[C@H]1O[C@H]1C[C@H](O)[C@H](O[C@H]2C[C@H](OC)[C@H](O[C@H]3C[C@@H](OC)[C@H](O)[C@@H](C)O3)[C@@H](C)O2)[C@@H](C)O1. The average Bonchev–Trinajstić information content (AvgIpc) is 3.82. The number of hydrogen-bond donors (Lipinski definition) is 4. The number of Topliss-reactive ketones (excluding diaryl/α,β-unsaturated/α-hetero) is 1. The van der Waals surface area contributed by atoms with Crippen LogP contribution in [0.3, 0.4) is 0 Å². The van der Waals surface area contributed by atoms with E-state index >= 15 is 0 Å². The second kappa shape index (κ2) is 22.8. The lowest BCUT2D eigenvalue weighted by molar-refractivity contribution is -0.346. The van der Waals surface area contributed by atoms with E-state index in [1.54, 1.807) is 34.3 Å². The number of ketones is 1. The maximum absolute atomic E-state index is 13.6. The van der Waals surface area contributed by atoms with Gasteiger partial charge in [0.05, 0.1) is 54.9 Å². The standard InChI is InChI=1S/C57H84O18/c1-30(58)38-20-23-57(63)55(38,7)44(72-45(60)17-16-35-14-12-11-13-15-35)29-43-54(6)21-19-37(24-36(54)18-22-56(43,57)62)71-47-27-41(65-9)52(33(4)69-47)74-46-25-39(59)51(32(3)68-46)73-49-28-42(66-10)53(34(5)70-49)75-48-26-40(64-8)50(61)31(2)67-48/h11-18,31-34,37-44,46-53,59,61-63H,19-29H2,1-10H3/t31-,32-,33-,34-,37+,38+,39+,40-,41+,42+,43-,44-,46+,47+,48+,49+,50-,51-,52-,53-,54+,55+,56+,57-/m1/s1. The lowest BCUT2D eigenvalue weighted by atomic mass is 9.43. The number of aliphatic hydroxyl groups excluding tert-OH is 2. The summed E-state index contributed by atoms with van der Waals surface area (Å²) in [5.41, 5.74) is -3.05. The molecule has 3 saturated carbocycles. The molecular weight excluding hydrogens is 973 g/mol. The van der Waals surface area contributed by atoms with Gasteiger partial charge in [-0.05, 0) is 96.6 Å². The fraction of sp³-hybridized carbons (Fsp3) is 0.789. The zero-order valence-corrected chi connectivity index (χ0v) is 45.4. The van der Waals surface area contributed by atoms with Crippen LogP contribution in [0.15, 0.2) is 48.1 Å². The van der Waals surface area contributed by atoms with Crippen LogP contribution in [0, 0.1) is 22.7 Å². The zero-order chi connectivity index (χ0) is 53.8. The largest absolute Gasteiger partial charge is 0.458 e. The number of fused-ring (bicyclic) bond motifs is 5. The van der Waals surface area contributed by atoms with Crippen LogP contribution >= 0.6 is 0 Å². The number of methoxy groups -OCH3 is 3. The maximum atomic E-state index is 13.6. The van der Waals surface area contributed by atoms with Crippen molar-refractivity contribution in [3.05, 3.63) is 53.6 Å². The van der Waals surface area contributed by atoms with Crippen LogP contribution in [0.2, 0.25) is 0 Å². The summed E-state index contributed by atoms with van der Waals surface area (Å²) in [7, 11) is 4.79. The molecule has 0 unspecified atom stereocenters. The molecule has 0 aromatic heterocycles. The number of carbonyl (C=O) groups excluding carboxylic acids is 2. The van der Waals surface area contributed by atoms with Crippen molar-refractivity contribution < 1.29 is 86.9 Å². The van der Waals surface area contributed by atoms with E-state index in [4.69, 9.17) is 56.8 Å². The molecule has 0 radical (unpaired) electrons. The molecule has 4 N–H and O–H groups in total. The molecule has 0 bridgehead atoms. The normalized spacial score (nSPS) is 48.1. The van der Waals surface area contributed by atoms with Crippen LogP contribution in [-0.2, 0) is 66.4 Å². The van der Waals surface area contributed by atoms with E-state index in [0.717, 1.165) is 11.1 Å². The Morgan fingerprint density at radius 1 is 0.680 bits per heavy atom. The lowest BCUT2D eigenvalue weighted by Crippen LogP contribution is -2.75. The predicted molar refractivity (Wildman–Crippen MR) is 269 cm³/mol. The number of ether oxygens (including phenoxy) is 12. The van der Waals surface area contributed by atoms with Gasteiger partial charge in [0.15, 0.2) is 25.2 Å². The van der Waals surface area contributed by atoms with Crippen molar-refractivity contribution in [1.29, 1.82) is 0 Å². The minimum atomic E-state index is -1.69. The average molecular weight is 1060 g/mol. The van der Waals surface area contributed by atoms with Gasteiger partial charge in [-0.1, -0.05) is 55.8 Å². The highest BCUT2D eigenvalue weighted by Crippen LogP contribution is 2.70. The molecular formula is C57H84O18. The number of hydrogen-bond acceptors (Lipinski definition) is 18. The van der Waals surface area contributed by atoms with Gasteiger partial charge in [0.25, 0.3) is 0 Å². The molecule has 420 valence electrons. The smallest absolute Gasteiger partial charge is 0.331 e. The van der Waals surface area contributed by atoms with Crippen molar-refractivity contribution in [3.8, 4) is 0 Å². The van der Waals surface area contributed by atoms with E-state index in [1.807, 2.05) is 58.0 Å². The Morgan fingerprint density at radius 3 is 1.81 bits per heavy atom. The van der Waals surface area contributed by atoms with Crippen molar-refractivity contribution in [3.63, 3.8) is 0 Å². The first kappa shape index (κ1) is 56.9. The molecule has 4 aliphatic heterocycles. The van der Waals surface area contributed by atoms with Gasteiger partial charge in [-0.25, -0.2) is 4.79 Å². The van der Waals surface area contributed by atoms with Crippen molar-refractivity contribution in [2.24, 2.45) is 22.7 Å². The number of carbonyl (C=O) groups is 2. The highest BCUT2D eigenvalue weighted by Gasteiger charge is 2.77. The molecule has 0 amide bonds. The predicted octanol–water partition coefficient (Wildman–Crippen LogP) is 5.47.